The molecule has 0 radical (unpaired) electrons. The second-order valence-electron chi connectivity index (χ2n) is 5.02. The molecule has 0 aliphatic rings. The van der Waals surface area contributed by atoms with E-state index < -0.39 is 0 Å². The molecule has 2 N–H and O–H groups in total. The smallest absolute Gasteiger partial charge is 0.273 e. The number of nitrogens with one attached hydrogen (secondary N) is 2. The molecule has 124 valence electrons. The number of aromatic nitrogens is 2. The fourth-order valence-corrected chi connectivity index (χ4v) is 3.71. The maximum absolute atomic E-state index is 12.6. The van der Waals surface area contributed by atoms with Gasteiger partial charge in [-0.3, -0.25) is 14.3 Å². The van der Waals surface area contributed by atoms with Gasteiger partial charge in [-0.1, -0.05) is 29.8 Å². The first-order valence-electron chi connectivity index (χ1n) is 7.33. The van der Waals surface area contributed by atoms with Crippen LogP contribution in [0.2, 0.25) is 5.02 Å². The lowest BCUT2D eigenvalue weighted by atomic mass is 10.2. The number of amides is 2. The maximum Gasteiger partial charge on any atom is 0.273 e. The predicted octanol–water partition coefficient (Wildman–Crippen LogP) is 3.38. The fourth-order valence-electron chi connectivity index (χ4n) is 2.30. The molecule has 0 aliphatic heterocycles. The zero-order valence-corrected chi connectivity index (χ0v) is 14.7. The Bertz CT molecular complexity index is 931. The van der Waals surface area contributed by atoms with Crippen LogP contribution in [0.1, 0.15) is 27.1 Å². The van der Waals surface area contributed by atoms with Gasteiger partial charge in [0.2, 0.25) is 0 Å². The number of rotatable bonds is 4. The summed E-state index contributed by atoms with van der Waals surface area (Å²) in [5.74, 6) is -0.720. The average Bonchev–Trinajstić information content (AvgIpc) is 3.16. The number of fused-ring (bicyclic) bond motifs is 1. The summed E-state index contributed by atoms with van der Waals surface area (Å²) in [6.45, 7) is 2.48. The van der Waals surface area contributed by atoms with Crippen molar-refractivity contribution in [2.24, 2.45) is 0 Å². The van der Waals surface area contributed by atoms with E-state index in [1.165, 1.54) is 18.4 Å². The number of halogens is 1. The van der Waals surface area contributed by atoms with Crippen molar-refractivity contribution < 1.29 is 9.59 Å². The summed E-state index contributed by atoms with van der Waals surface area (Å²) in [6, 6.07) is 7.55. The van der Waals surface area contributed by atoms with E-state index >= 15 is 0 Å². The van der Waals surface area contributed by atoms with E-state index in [9.17, 15) is 9.59 Å². The number of hydrogen-bond donors (Lipinski definition) is 2. The average molecular weight is 363 g/mol. The Morgan fingerprint density at radius 1 is 1.29 bits per heavy atom. The summed E-state index contributed by atoms with van der Waals surface area (Å²) in [5.41, 5.74) is 0.527. The van der Waals surface area contributed by atoms with Gasteiger partial charge in [-0.15, -0.1) is 11.3 Å². The van der Waals surface area contributed by atoms with E-state index in [4.69, 9.17) is 11.6 Å². The van der Waals surface area contributed by atoms with Gasteiger partial charge in [0, 0.05) is 29.9 Å². The molecular weight excluding hydrogens is 348 g/mol. The van der Waals surface area contributed by atoms with Crippen LogP contribution in [0, 0.1) is 0 Å². The van der Waals surface area contributed by atoms with Crippen LogP contribution in [0.5, 0.6) is 0 Å². The lowest BCUT2D eigenvalue weighted by molar-refractivity contribution is 0.0958. The molecule has 0 unspecified atom stereocenters. The van der Waals surface area contributed by atoms with E-state index in [-0.39, 0.29) is 17.5 Å². The highest BCUT2D eigenvalue weighted by molar-refractivity contribution is 7.21. The number of nitrogens with zero attached hydrogens (tertiary/aromatic N) is 2. The van der Waals surface area contributed by atoms with Crippen molar-refractivity contribution in [1.82, 2.24) is 15.1 Å². The molecule has 0 bridgehead atoms. The Hall–Kier alpha value is -2.38. The van der Waals surface area contributed by atoms with Gasteiger partial charge < -0.3 is 10.6 Å². The van der Waals surface area contributed by atoms with Crippen molar-refractivity contribution in [3.63, 3.8) is 0 Å². The second-order valence-corrected chi connectivity index (χ2v) is 6.45. The van der Waals surface area contributed by atoms with Crippen LogP contribution >= 0.6 is 22.9 Å². The Morgan fingerprint density at radius 3 is 2.71 bits per heavy atom. The highest BCUT2D eigenvalue weighted by atomic mass is 35.5. The van der Waals surface area contributed by atoms with Crippen LogP contribution in [-0.2, 0) is 6.54 Å². The minimum Gasteiger partial charge on any atom is -0.354 e. The zero-order chi connectivity index (χ0) is 17.3. The van der Waals surface area contributed by atoms with Crippen molar-refractivity contribution in [2.45, 2.75) is 13.5 Å². The third kappa shape index (κ3) is 2.88. The molecule has 3 rings (SSSR count). The number of anilines is 1. The van der Waals surface area contributed by atoms with Gasteiger partial charge in [-0.25, -0.2) is 0 Å². The van der Waals surface area contributed by atoms with Crippen LogP contribution in [-0.4, -0.2) is 28.6 Å². The van der Waals surface area contributed by atoms with E-state index in [1.54, 1.807) is 10.9 Å². The van der Waals surface area contributed by atoms with Gasteiger partial charge in [0.25, 0.3) is 11.8 Å². The molecule has 6 nitrogen and oxygen atoms in total. The molecule has 8 heteroatoms. The first kappa shape index (κ1) is 16.5. The van der Waals surface area contributed by atoms with E-state index in [0.717, 1.165) is 10.1 Å². The molecule has 0 spiro atoms. The Morgan fingerprint density at radius 2 is 2.04 bits per heavy atom. The molecule has 2 aromatic heterocycles. The summed E-state index contributed by atoms with van der Waals surface area (Å²) in [5, 5.41) is 10.7. The van der Waals surface area contributed by atoms with Gasteiger partial charge in [-0.05, 0) is 13.0 Å². The fraction of sp³-hybridized carbons (Fsp3) is 0.188. The lowest BCUT2D eigenvalue weighted by Crippen LogP contribution is -2.21. The van der Waals surface area contributed by atoms with E-state index in [2.05, 4.69) is 15.7 Å². The first-order chi connectivity index (χ1) is 11.5. The molecule has 24 heavy (non-hydrogen) atoms. The van der Waals surface area contributed by atoms with Crippen LogP contribution in [0.15, 0.2) is 30.5 Å². The highest BCUT2D eigenvalue weighted by Gasteiger charge is 2.21. The number of thiophene rings is 1. The van der Waals surface area contributed by atoms with Crippen LogP contribution in [0.25, 0.3) is 10.1 Å². The Kier molecular flexibility index (Phi) is 4.55. The summed E-state index contributed by atoms with van der Waals surface area (Å²) >= 11 is 7.64. The van der Waals surface area contributed by atoms with Crippen LogP contribution < -0.4 is 10.6 Å². The quantitative estimate of drug-likeness (QED) is 0.747. The van der Waals surface area contributed by atoms with Gasteiger partial charge in [0.05, 0.1) is 10.7 Å². The maximum atomic E-state index is 12.6. The minimum atomic E-state index is -0.361. The van der Waals surface area contributed by atoms with E-state index in [1.807, 2.05) is 31.2 Å². The SMILES string of the molecule is CCn1cc(NC(=O)c2sc3ccccc3c2Cl)c(C(=O)NC)n1. The molecule has 2 amide bonds. The van der Waals surface area contributed by atoms with Gasteiger partial charge in [-0.2, -0.15) is 5.10 Å². The summed E-state index contributed by atoms with van der Waals surface area (Å²) in [4.78, 5) is 24.9. The number of hydrogen-bond acceptors (Lipinski definition) is 4. The molecule has 0 saturated heterocycles. The Labute approximate surface area is 147 Å². The standard InChI is InChI=1S/C16H15ClN4O2S/c1-3-21-8-10(13(20-21)15(22)18-2)19-16(23)14-12(17)9-6-4-5-7-11(9)24-14/h4-8H,3H2,1-2H3,(H,18,22)(H,19,23). The molecule has 0 fully saturated rings. The minimum absolute atomic E-state index is 0.171. The van der Waals surface area contributed by atoms with E-state index in [0.29, 0.717) is 22.1 Å². The van der Waals surface area contributed by atoms with Gasteiger partial charge >= 0.3 is 0 Å². The summed E-state index contributed by atoms with van der Waals surface area (Å²) < 4.78 is 2.52. The molecule has 2 heterocycles. The summed E-state index contributed by atoms with van der Waals surface area (Å²) in [6.07, 6.45) is 1.63. The molecule has 0 atom stereocenters. The molecular formula is C16H15ClN4O2S. The molecule has 1 aromatic carbocycles. The molecule has 0 aliphatic carbocycles. The monoisotopic (exact) mass is 362 g/mol. The third-order valence-electron chi connectivity index (χ3n) is 3.52. The van der Waals surface area contributed by atoms with Crippen molar-refractivity contribution >= 4 is 50.5 Å². The van der Waals surface area contributed by atoms with Crippen LogP contribution in [0.4, 0.5) is 5.69 Å². The highest BCUT2D eigenvalue weighted by Crippen LogP contribution is 2.35. The topological polar surface area (TPSA) is 76.0 Å². The van der Waals surface area contributed by atoms with Gasteiger partial charge in [0.1, 0.15) is 4.88 Å². The van der Waals surface area contributed by atoms with Crippen molar-refractivity contribution in [2.75, 3.05) is 12.4 Å². The third-order valence-corrected chi connectivity index (χ3v) is 5.19. The predicted molar refractivity (Wildman–Crippen MR) is 96.1 cm³/mol. The first-order valence-corrected chi connectivity index (χ1v) is 8.52. The van der Waals surface area contributed by atoms with Crippen LogP contribution in [0.3, 0.4) is 0 Å². The Balaban J connectivity index is 1.95. The number of benzene rings is 1. The second kappa shape index (κ2) is 6.62. The van der Waals surface area contributed by atoms with Crippen molar-refractivity contribution in [3.05, 3.63) is 46.1 Å². The largest absolute Gasteiger partial charge is 0.354 e. The van der Waals surface area contributed by atoms with Crippen molar-refractivity contribution in [1.29, 1.82) is 0 Å². The number of carbonyl (C=O) groups is 2. The zero-order valence-electron chi connectivity index (χ0n) is 13.1. The van der Waals surface area contributed by atoms with Gasteiger partial charge in [0.15, 0.2) is 5.69 Å². The normalized spacial score (nSPS) is 10.8. The molecule has 0 saturated carbocycles. The van der Waals surface area contributed by atoms with Crippen molar-refractivity contribution in [3.8, 4) is 0 Å². The number of carbonyl (C=O) groups excluding carboxylic acids is 2. The number of aryl methyl sites for hydroxylation is 1. The molecule has 3 aromatic rings. The lowest BCUT2D eigenvalue weighted by Gasteiger charge is -2.03. The summed E-state index contributed by atoms with van der Waals surface area (Å²) in [7, 11) is 1.52.